The van der Waals surface area contributed by atoms with E-state index >= 15 is 0 Å². The van der Waals surface area contributed by atoms with Gasteiger partial charge in [-0.3, -0.25) is 9.69 Å². The van der Waals surface area contributed by atoms with Gasteiger partial charge in [0, 0.05) is 38.6 Å². The van der Waals surface area contributed by atoms with Crippen LogP contribution < -0.4 is 0 Å². The summed E-state index contributed by atoms with van der Waals surface area (Å²) in [6.07, 6.45) is 8.59. The molecule has 1 saturated heterocycles. The van der Waals surface area contributed by atoms with Gasteiger partial charge >= 0.3 is 0 Å². The molecular weight excluding hydrogens is 236 g/mol. The Morgan fingerprint density at radius 2 is 1.79 bits per heavy atom. The monoisotopic (exact) mass is 266 g/mol. The van der Waals surface area contributed by atoms with Crippen LogP contribution in [0.1, 0.15) is 58.8 Å². The molecule has 1 saturated carbocycles. The molecule has 1 heterocycles. The molecule has 0 aromatic heterocycles. The number of carbonyl (C=O) groups excluding carboxylic acids is 1. The van der Waals surface area contributed by atoms with Crippen molar-refractivity contribution in [3.05, 3.63) is 0 Å². The first-order valence-electron chi connectivity index (χ1n) is 8.22. The Balaban J connectivity index is 1.67. The first kappa shape index (κ1) is 14.8. The van der Waals surface area contributed by atoms with Gasteiger partial charge in [-0.05, 0) is 25.7 Å². The van der Waals surface area contributed by atoms with E-state index in [4.69, 9.17) is 0 Å². The Kier molecular flexibility index (Phi) is 5.68. The molecular formula is C16H30N2O. The summed E-state index contributed by atoms with van der Waals surface area (Å²) in [5.41, 5.74) is 0. The number of piperazine rings is 1. The van der Waals surface area contributed by atoms with Crippen LogP contribution in [0.25, 0.3) is 0 Å². The predicted octanol–water partition coefficient (Wildman–Crippen LogP) is 2.90. The van der Waals surface area contributed by atoms with E-state index in [1.54, 1.807) is 0 Å². The van der Waals surface area contributed by atoms with Gasteiger partial charge in [-0.15, -0.1) is 0 Å². The molecule has 0 aromatic carbocycles. The molecule has 3 heteroatoms. The standard InChI is InChI=1S/C16H30N2O/c1-3-14(2)17-10-12-18(13-11-17)16(19)9-8-15-6-4-5-7-15/h14-15H,3-13H2,1-2H3/t14-/m0/s1. The molecule has 1 aliphatic carbocycles. The minimum atomic E-state index is 0.399. The molecule has 1 atom stereocenters. The zero-order chi connectivity index (χ0) is 13.7. The van der Waals surface area contributed by atoms with Gasteiger partial charge in [-0.25, -0.2) is 0 Å². The zero-order valence-corrected chi connectivity index (χ0v) is 12.7. The van der Waals surface area contributed by atoms with E-state index in [1.807, 2.05) is 0 Å². The van der Waals surface area contributed by atoms with Crippen LogP contribution in [0, 0.1) is 5.92 Å². The van der Waals surface area contributed by atoms with Crippen molar-refractivity contribution in [3.63, 3.8) is 0 Å². The summed E-state index contributed by atoms with van der Waals surface area (Å²) in [5.74, 6) is 1.24. The maximum absolute atomic E-state index is 12.2. The van der Waals surface area contributed by atoms with Gasteiger partial charge in [-0.2, -0.15) is 0 Å². The third-order valence-electron chi connectivity index (χ3n) is 5.12. The second-order valence-corrected chi connectivity index (χ2v) is 6.36. The van der Waals surface area contributed by atoms with E-state index in [2.05, 4.69) is 23.6 Å². The van der Waals surface area contributed by atoms with Crippen molar-refractivity contribution in [3.8, 4) is 0 Å². The van der Waals surface area contributed by atoms with E-state index < -0.39 is 0 Å². The fourth-order valence-electron chi connectivity index (χ4n) is 3.46. The number of amides is 1. The Bertz CT molecular complexity index is 278. The first-order chi connectivity index (χ1) is 9.20. The van der Waals surface area contributed by atoms with Gasteiger partial charge in [-0.1, -0.05) is 32.6 Å². The van der Waals surface area contributed by atoms with Crippen LogP contribution >= 0.6 is 0 Å². The molecule has 0 aromatic rings. The highest BCUT2D eigenvalue weighted by molar-refractivity contribution is 5.76. The second kappa shape index (κ2) is 7.28. The highest BCUT2D eigenvalue weighted by Gasteiger charge is 2.24. The molecule has 110 valence electrons. The largest absolute Gasteiger partial charge is 0.340 e. The predicted molar refractivity (Wildman–Crippen MR) is 79.1 cm³/mol. The second-order valence-electron chi connectivity index (χ2n) is 6.36. The minimum absolute atomic E-state index is 0.399. The highest BCUT2D eigenvalue weighted by Crippen LogP contribution is 2.28. The van der Waals surface area contributed by atoms with Crippen molar-refractivity contribution in [2.75, 3.05) is 26.2 Å². The summed E-state index contributed by atoms with van der Waals surface area (Å²) < 4.78 is 0. The van der Waals surface area contributed by atoms with Gasteiger partial charge in [0.25, 0.3) is 0 Å². The normalized spacial score (nSPS) is 23.8. The van der Waals surface area contributed by atoms with Gasteiger partial charge in [0.15, 0.2) is 0 Å². The summed E-state index contributed by atoms with van der Waals surface area (Å²) in [5, 5.41) is 0. The molecule has 3 nitrogen and oxygen atoms in total. The minimum Gasteiger partial charge on any atom is -0.340 e. The Hall–Kier alpha value is -0.570. The lowest BCUT2D eigenvalue weighted by atomic mass is 10.0. The molecule has 0 unspecified atom stereocenters. The SMILES string of the molecule is CC[C@H](C)N1CCN(C(=O)CCC2CCCC2)CC1. The van der Waals surface area contributed by atoms with Crippen LogP contribution in [0.3, 0.4) is 0 Å². The molecule has 2 aliphatic rings. The first-order valence-corrected chi connectivity index (χ1v) is 8.22. The topological polar surface area (TPSA) is 23.6 Å². The molecule has 0 N–H and O–H groups in total. The number of nitrogens with zero attached hydrogens (tertiary/aromatic N) is 2. The van der Waals surface area contributed by atoms with Crippen LogP contribution in [0.4, 0.5) is 0 Å². The third kappa shape index (κ3) is 4.20. The Labute approximate surface area is 118 Å². The summed E-state index contributed by atoms with van der Waals surface area (Å²) in [7, 11) is 0. The summed E-state index contributed by atoms with van der Waals surface area (Å²) in [6, 6.07) is 0.663. The quantitative estimate of drug-likeness (QED) is 0.764. The van der Waals surface area contributed by atoms with Crippen LogP contribution in [0.2, 0.25) is 0 Å². The van der Waals surface area contributed by atoms with Crippen LogP contribution in [0.15, 0.2) is 0 Å². The molecule has 0 spiro atoms. The summed E-state index contributed by atoms with van der Waals surface area (Å²) >= 11 is 0. The van der Waals surface area contributed by atoms with Gasteiger partial charge < -0.3 is 4.90 Å². The van der Waals surface area contributed by atoms with Crippen molar-refractivity contribution in [2.24, 2.45) is 5.92 Å². The van der Waals surface area contributed by atoms with Crippen LogP contribution in [-0.4, -0.2) is 47.9 Å². The van der Waals surface area contributed by atoms with E-state index in [1.165, 1.54) is 32.1 Å². The molecule has 2 fully saturated rings. The van der Waals surface area contributed by atoms with E-state index in [0.29, 0.717) is 11.9 Å². The van der Waals surface area contributed by atoms with Crippen molar-refractivity contribution in [2.45, 2.75) is 64.8 Å². The van der Waals surface area contributed by atoms with Crippen molar-refractivity contribution < 1.29 is 4.79 Å². The Morgan fingerprint density at radius 3 is 2.37 bits per heavy atom. The fourth-order valence-corrected chi connectivity index (χ4v) is 3.46. The molecule has 0 radical (unpaired) electrons. The van der Waals surface area contributed by atoms with E-state index in [0.717, 1.165) is 44.9 Å². The van der Waals surface area contributed by atoms with Crippen molar-refractivity contribution in [1.29, 1.82) is 0 Å². The number of hydrogen-bond donors (Lipinski definition) is 0. The lowest BCUT2D eigenvalue weighted by molar-refractivity contribution is -0.133. The van der Waals surface area contributed by atoms with Gasteiger partial charge in [0.1, 0.15) is 0 Å². The van der Waals surface area contributed by atoms with Crippen LogP contribution in [-0.2, 0) is 4.79 Å². The average Bonchev–Trinajstić information content (AvgIpc) is 2.97. The van der Waals surface area contributed by atoms with Crippen molar-refractivity contribution >= 4 is 5.91 Å². The number of hydrogen-bond acceptors (Lipinski definition) is 2. The van der Waals surface area contributed by atoms with Crippen LogP contribution in [0.5, 0.6) is 0 Å². The fraction of sp³-hybridized carbons (Fsp3) is 0.938. The molecule has 0 bridgehead atoms. The van der Waals surface area contributed by atoms with E-state index in [-0.39, 0.29) is 0 Å². The summed E-state index contributed by atoms with van der Waals surface area (Å²) in [6.45, 7) is 8.53. The van der Waals surface area contributed by atoms with Gasteiger partial charge in [0.05, 0.1) is 0 Å². The lowest BCUT2D eigenvalue weighted by Gasteiger charge is -2.38. The van der Waals surface area contributed by atoms with E-state index in [9.17, 15) is 4.79 Å². The molecule has 19 heavy (non-hydrogen) atoms. The highest BCUT2D eigenvalue weighted by atomic mass is 16.2. The Morgan fingerprint density at radius 1 is 1.16 bits per heavy atom. The van der Waals surface area contributed by atoms with Gasteiger partial charge in [0.2, 0.25) is 5.91 Å². The molecule has 2 rings (SSSR count). The molecule has 1 amide bonds. The maximum Gasteiger partial charge on any atom is 0.222 e. The average molecular weight is 266 g/mol. The summed E-state index contributed by atoms with van der Waals surface area (Å²) in [4.78, 5) is 16.8. The number of rotatable bonds is 5. The zero-order valence-electron chi connectivity index (χ0n) is 12.7. The number of carbonyl (C=O) groups is 1. The smallest absolute Gasteiger partial charge is 0.222 e. The maximum atomic E-state index is 12.2. The third-order valence-corrected chi connectivity index (χ3v) is 5.12. The lowest BCUT2D eigenvalue weighted by Crippen LogP contribution is -2.51. The molecule has 1 aliphatic heterocycles. The van der Waals surface area contributed by atoms with Crippen molar-refractivity contribution in [1.82, 2.24) is 9.80 Å².